The van der Waals surface area contributed by atoms with E-state index in [4.69, 9.17) is 14.2 Å². The van der Waals surface area contributed by atoms with Crippen molar-refractivity contribution in [2.24, 2.45) is 71.0 Å². The average Bonchev–Trinajstić information content (AvgIpc) is 3.72. The first-order valence-electron chi connectivity index (χ1n) is 16.3. The number of hydrogen-bond donors (Lipinski definition) is 0. The standard InChI is InChI=1S/C33H48O6/c1-17-21-12-24(26(13-21)31(35)39-33(3)10-8-19-6-4-5-7-20(19)16-33)29(17)28-18(2)23-14-22(28)15-25(23)30(34)38-27-9-11-37-32(27)36/h17-29H,4-16H2,1-3H3. The van der Waals surface area contributed by atoms with Crippen molar-refractivity contribution in [3.63, 3.8) is 0 Å². The summed E-state index contributed by atoms with van der Waals surface area (Å²) in [6.07, 6.45) is 12.6. The lowest BCUT2D eigenvalue weighted by Crippen LogP contribution is -2.46. The largest absolute Gasteiger partial charge is 0.463 e. The minimum absolute atomic E-state index is 0.0533. The Bertz CT molecular complexity index is 1010. The Morgan fingerprint density at radius 1 is 0.795 bits per heavy atom. The normalized spacial score (nSPS) is 52.0. The summed E-state index contributed by atoms with van der Waals surface area (Å²) in [7, 11) is 0. The van der Waals surface area contributed by atoms with Gasteiger partial charge in [-0.3, -0.25) is 9.59 Å². The van der Waals surface area contributed by atoms with E-state index < -0.39 is 12.1 Å². The summed E-state index contributed by atoms with van der Waals surface area (Å²) in [5.74, 6) is 5.15. The van der Waals surface area contributed by atoms with Gasteiger partial charge in [-0.15, -0.1) is 0 Å². The topological polar surface area (TPSA) is 78.9 Å². The highest BCUT2D eigenvalue weighted by Gasteiger charge is 2.63. The molecule has 1 saturated heterocycles. The van der Waals surface area contributed by atoms with Gasteiger partial charge in [0.15, 0.2) is 0 Å². The number of carbonyl (C=O) groups excluding carboxylic acids is 3. The van der Waals surface area contributed by atoms with E-state index in [-0.39, 0.29) is 29.4 Å². The van der Waals surface area contributed by atoms with Crippen molar-refractivity contribution in [3.8, 4) is 0 Å². The number of cyclic esters (lactones) is 1. The van der Waals surface area contributed by atoms with Crippen molar-refractivity contribution in [2.75, 3.05) is 6.61 Å². The quantitative estimate of drug-likeness (QED) is 0.317. The van der Waals surface area contributed by atoms with Crippen molar-refractivity contribution in [1.29, 1.82) is 0 Å². The fraction of sp³-hybridized carbons (Fsp3) is 0.909. The summed E-state index contributed by atoms with van der Waals surface area (Å²) in [6.45, 7) is 7.33. The van der Waals surface area contributed by atoms with Crippen LogP contribution in [0.1, 0.15) is 97.8 Å². The van der Waals surface area contributed by atoms with Crippen LogP contribution in [-0.2, 0) is 28.6 Å². The van der Waals surface area contributed by atoms with Crippen LogP contribution in [0.2, 0.25) is 0 Å². The number of rotatable bonds is 5. The zero-order valence-corrected chi connectivity index (χ0v) is 24.1. The molecule has 14 unspecified atom stereocenters. The minimum Gasteiger partial charge on any atom is -0.463 e. The van der Waals surface area contributed by atoms with E-state index in [1.165, 1.54) is 38.5 Å². The molecule has 0 aromatic rings. The predicted molar refractivity (Wildman–Crippen MR) is 144 cm³/mol. The van der Waals surface area contributed by atoms with E-state index in [2.05, 4.69) is 20.8 Å². The van der Waals surface area contributed by atoms with Gasteiger partial charge in [0, 0.05) is 6.42 Å². The van der Waals surface area contributed by atoms with Crippen molar-refractivity contribution in [1.82, 2.24) is 0 Å². The maximum atomic E-state index is 13.8. The Balaban J connectivity index is 1.01. The Morgan fingerprint density at radius 3 is 2.23 bits per heavy atom. The monoisotopic (exact) mass is 540 g/mol. The molecular formula is C33H48O6. The molecule has 7 fully saturated rings. The predicted octanol–water partition coefficient (Wildman–Crippen LogP) is 5.95. The number of ether oxygens (including phenoxy) is 3. The van der Waals surface area contributed by atoms with Crippen LogP contribution in [-0.4, -0.2) is 36.2 Å². The van der Waals surface area contributed by atoms with Crippen LogP contribution in [0.25, 0.3) is 0 Å². The molecule has 1 aliphatic heterocycles. The summed E-state index contributed by atoms with van der Waals surface area (Å²) in [4.78, 5) is 38.7. The second kappa shape index (κ2) is 9.76. The molecule has 6 heteroatoms. The van der Waals surface area contributed by atoms with E-state index in [1.807, 2.05) is 0 Å². The van der Waals surface area contributed by atoms with Crippen molar-refractivity contribution in [3.05, 3.63) is 0 Å². The Hall–Kier alpha value is -1.59. The molecule has 7 rings (SSSR count). The molecule has 6 saturated carbocycles. The van der Waals surface area contributed by atoms with Crippen molar-refractivity contribution < 1.29 is 28.6 Å². The van der Waals surface area contributed by atoms with E-state index >= 15 is 0 Å². The van der Waals surface area contributed by atoms with Crippen LogP contribution in [0.4, 0.5) is 0 Å². The molecule has 0 spiro atoms. The molecule has 1 heterocycles. The molecule has 0 aromatic heterocycles. The maximum absolute atomic E-state index is 13.8. The number of esters is 3. The Morgan fingerprint density at radius 2 is 1.51 bits per heavy atom. The highest BCUT2D eigenvalue weighted by molar-refractivity contribution is 5.82. The molecule has 0 aromatic carbocycles. The highest BCUT2D eigenvalue weighted by Crippen LogP contribution is 2.66. The van der Waals surface area contributed by atoms with Crippen LogP contribution in [0, 0.1) is 71.0 Å². The van der Waals surface area contributed by atoms with E-state index in [9.17, 15) is 14.4 Å². The number of hydrogen-bond acceptors (Lipinski definition) is 6. The Labute approximate surface area is 233 Å². The molecule has 216 valence electrons. The van der Waals surface area contributed by atoms with Gasteiger partial charge in [-0.25, -0.2) is 4.79 Å². The Kier molecular flexibility index (Phi) is 6.58. The third-order valence-electron chi connectivity index (χ3n) is 13.3. The van der Waals surface area contributed by atoms with Gasteiger partial charge >= 0.3 is 17.9 Å². The van der Waals surface area contributed by atoms with E-state index in [0.717, 1.165) is 43.9 Å². The van der Waals surface area contributed by atoms with Crippen LogP contribution < -0.4 is 0 Å². The molecule has 39 heavy (non-hydrogen) atoms. The van der Waals surface area contributed by atoms with Gasteiger partial charge in [0.1, 0.15) is 5.60 Å². The van der Waals surface area contributed by atoms with E-state index in [0.29, 0.717) is 60.4 Å². The first-order chi connectivity index (χ1) is 18.7. The summed E-state index contributed by atoms with van der Waals surface area (Å²) in [5, 5.41) is 0. The molecule has 0 N–H and O–H groups in total. The number of carbonyl (C=O) groups is 3. The summed E-state index contributed by atoms with van der Waals surface area (Å²) in [6, 6.07) is 0. The van der Waals surface area contributed by atoms with Crippen LogP contribution in [0.3, 0.4) is 0 Å². The van der Waals surface area contributed by atoms with Gasteiger partial charge in [0.25, 0.3) is 0 Å². The van der Waals surface area contributed by atoms with Gasteiger partial charge in [-0.1, -0.05) is 39.5 Å². The van der Waals surface area contributed by atoms with Crippen LogP contribution >= 0.6 is 0 Å². The zero-order valence-electron chi connectivity index (χ0n) is 24.1. The lowest BCUT2D eigenvalue weighted by molar-refractivity contribution is -0.174. The average molecular weight is 541 g/mol. The van der Waals surface area contributed by atoms with Crippen LogP contribution in [0.15, 0.2) is 0 Å². The highest BCUT2D eigenvalue weighted by atomic mass is 16.6. The van der Waals surface area contributed by atoms with Gasteiger partial charge in [0.2, 0.25) is 6.10 Å². The third-order valence-corrected chi connectivity index (χ3v) is 13.3. The van der Waals surface area contributed by atoms with Gasteiger partial charge in [0.05, 0.1) is 18.4 Å². The molecule has 6 aliphatic carbocycles. The maximum Gasteiger partial charge on any atom is 0.347 e. The van der Waals surface area contributed by atoms with E-state index in [1.54, 1.807) is 0 Å². The zero-order chi connectivity index (χ0) is 27.1. The van der Waals surface area contributed by atoms with Crippen LogP contribution in [0.5, 0.6) is 0 Å². The second-order valence-electron chi connectivity index (χ2n) is 15.2. The minimum atomic E-state index is -0.713. The third kappa shape index (κ3) is 4.36. The molecule has 0 amide bonds. The summed E-state index contributed by atoms with van der Waals surface area (Å²) < 4.78 is 17.1. The molecule has 4 bridgehead atoms. The summed E-state index contributed by atoms with van der Waals surface area (Å²) >= 11 is 0. The molecule has 7 aliphatic rings. The molecular weight excluding hydrogens is 492 g/mol. The smallest absolute Gasteiger partial charge is 0.347 e. The van der Waals surface area contributed by atoms with Crippen molar-refractivity contribution >= 4 is 17.9 Å². The first-order valence-corrected chi connectivity index (χ1v) is 16.3. The lowest BCUT2D eigenvalue weighted by Gasteiger charge is -2.46. The molecule has 6 nitrogen and oxygen atoms in total. The molecule has 14 atom stereocenters. The fourth-order valence-corrected chi connectivity index (χ4v) is 11.5. The first kappa shape index (κ1) is 26.3. The van der Waals surface area contributed by atoms with Crippen molar-refractivity contribution in [2.45, 2.75) is 110 Å². The van der Waals surface area contributed by atoms with Gasteiger partial charge in [-0.2, -0.15) is 0 Å². The lowest BCUT2D eigenvalue weighted by atomic mass is 9.61. The van der Waals surface area contributed by atoms with Gasteiger partial charge < -0.3 is 14.2 Å². The second-order valence-corrected chi connectivity index (χ2v) is 15.2. The SMILES string of the molecule is CC1C2CC(CC2C(=O)OC2CCOC2=O)C1C1C(C)C2CC(C(=O)OC3(C)CCC4CCCCC4C3)C1C2. The summed E-state index contributed by atoms with van der Waals surface area (Å²) in [5.41, 5.74) is -0.280. The fourth-order valence-electron chi connectivity index (χ4n) is 11.5. The molecule has 0 radical (unpaired) electrons. The number of fused-ring (bicyclic) bond motifs is 5. The van der Waals surface area contributed by atoms with Gasteiger partial charge in [-0.05, 0) is 111 Å².